The Balaban J connectivity index is 1.57. The lowest BCUT2D eigenvalue weighted by Crippen LogP contribution is -2.21. The molecule has 3 rings (SSSR count). The molecule has 21 heavy (non-hydrogen) atoms. The van der Waals surface area contributed by atoms with Crippen molar-refractivity contribution < 1.29 is 4.79 Å². The Bertz CT molecular complexity index is 500. The van der Waals surface area contributed by atoms with Crippen LogP contribution in [0.3, 0.4) is 0 Å². The van der Waals surface area contributed by atoms with Crippen LogP contribution in [0.2, 0.25) is 0 Å². The molecule has 0 radical (unpaired) electrons. The number of carbonyl (C=O) groups is 1. The zero-order chi connectivity index (χ0) is 14.7. The van der Waals surface area contributed by atoms with Gasteiger partial charge in [0.2, 0.25) is 5.91 Å². The Morgan fingerprint density at radius 2 is 2.10 bits per heavy atom. The number of carbonyl (C=O) groups excluding carboxylic acids is 1. The van der Waals surface area contributed by atoms with E-state index in [4.69, 9.17) is 0 Å². The molecular weight excluding hydrogens is 260 g/mol. The van der Waals surface area contributed by atoms with E-state index in [9.17, 15) is 4.79 Å². The third kappa shape index (κ3) is 3.46. The van der Waals surface area contributed by atoms with E-state index in [1.165, 1.54) is 31.2 Å². The van der Waals surface area contributed by atoms with Crippen molar-refractivity contribution in [1.82, 2.24) is 5.32 Å². The second-order valence-electron chi connectivity index (χ2n) is 6.62. The molecule has 0 heterocycles. The molecule has 3 heteroatoms. The van der Waals surface area contributed by atoms with Crippen molar-refractivity contribution in [2.75, 3.05) is 11.9 Å². The first-order valence-corrected chi connectivity index (χ1v) is 8.34. The molecule has 2 fully saturated rings. The number of rotatable bonds is 6. The molecule has 0 spiro atoms. The summed E-state index contributed by atoms with van der Waals surface area (Å²) in [5.74, 6) is 2.55. The predicted molar refractivity (Wildman–Crippen MR) is 86.0 cm³/mol. The minimum Gasteiger partial charge on any atom is -0.326 e. The second-order valence-corrected chi connectivity index (χ2v) is 6.62. The number of hydrogen-bond donors (Lipinski definition) is 2. The summed E-state index contributed by atoms with van der Waals surface area (Å²) >= 11 is 0. The average molecular weight is 286 g/mol. The second kappa shape index (κ2) is 6.61. The van der Waals surface area contributed by atoms with Gasteiger partial charge >= 0.3 is 0 Å². The highest BCUT2D eigenvalue weighted by Gasteiger charge is 2.40. The van der Waals surface area contributed by atoms with Crippen molar-refractivity contribution in [3.8, 4) is 0 Å². The van der Waals surface area contributed by atoms with Crippen LogP contribution in [0.25, 0.3) is 0 Å². The lowest BCUT2D eigenvalue weighted by Gasteiger charge is -2.21. The fraction of sp³-hybridized carbons (Fsp3) is 0.611. The molecule has 0 aromatic heterocycles. The summed E-state index contributed by atoms with van der Waals surface area (Å²) in [6, 6.07) is 8.10. The first-order valence-electron chi connectivity index (χ1n) is 8.34. The number of nitrogens with one attached hydrogen (secondary N) is 2. The molecule has 3 atom stereocenters. The largest absolute Gasteiger partial charge is 0.326 e. The van der Waals surface area contributed by atoms with Gasteiger partial charge in [0, 0.05) is 18.7 Å². The summed E-state index contributed by atoms with van der Waals surface area (Å²) in [7, 11) is 0. The normalized spacial score (nSPS) is 27.0. The Morgan fingerprint density at radius 3 is 2.81 bits per heavy atom. The van der Waals surface area contributed by atoms with Gasteiger partial charge in [-0.2, -0.15) is 0 Å². The van der Waals surface area contributed by atoms with Gasteiger partial charge in [0.1, 0.15) is 0 Å². The maximum atomic E-state index is 12.3. The molecule has 1 aromatic carbocycles. The first kappa shape index (κ1) is 14.6. The van der Waals surface area contributed by atoms with Crippen LogP contribution in [-0.4, -0.2) is 12.5 Å². The van der Waals surface area contributed by atoms with E-state index >= 15 is 0 Å². The summed E-state index contributed by atoms with van der Waals surface area (Å²) in [6.07, 6.45) is 6.09. The van der Waals surface area contributed by atoms with Crippen molar-refractivity contribution in [3.63, 3.8) is 0 Å². The van der Waals surface area contributed by atoms with Crippen molar-refractivity contribution in [2.24, 2.45) is 17.8 Å². The van der Waals surface area contributed by atoms with E-state index in [-0.39, 0.29) is 5.91 Å². The predicted octanol–water partition coefficient (Wildman–Crippen LogP) is 3.56. The van der Waals surface area contributed by atoms with E-state index < -0.39 is 0 Å². The van der Waals surface area contributed by atoms with Gasteiger partial charge in [-0.05, 0) is 55.2 Å². The molecule has 114 valence electrons. The van der Waals surface area contributed by atoms with E-state index in [1.54, 1.807) is 0 Å². The molecule has 2 aliphatic carbocycles. The summed E-state index contributed by atoms with van der Waals surface area (Å²) in [5.41, 5.74) is 2.13. The molecule has 2 saturated carbocycles. The minimum atomic E-state index is 0.191. The summed E-state index contributed by atoms with van der Waals surface area (Å²) in [5, 5.41) is 6.45. The Labute approximate surface area is 127 Å². The Kier molecular flexibility index (Phi) is 4.59. The molecule has 0 aliphatic heterocycles. The zero-order valence-corrected chi connectivity index (χ0v) is 12.9. The van der Waals surface area contributed by atoms with Gasteiger partial charge in [-0.3, -0.25) is 4.79 Å². The number of amides is 1. The van der Waals surface area contributed by atoms with Gasteiger partial charge in [0.05, 0.1) is 0 Å². The Morgan fingerprint density at radius 1 is 1.24 bits per heavy atom. The molecule has 0 saturated heterocycles. The molecule has 3 nitrogen and oxygen atoms in total. The quantitative estimate of drug-likeness (QED) is 0.839. The molecule has 2 bridgehead atoms. The molecule has 2 aliphatic rings. The highest BCUT2D eigenvalue weighted by molar-refractivity contribution is 5.91. The van der Waals surface area contributed by atoms with Crippen LogP contribution in [0.4, 0.5) is 5.69 Å². The van der Waals surface area contributed by atoms with Crippen molar-refractivity contribution in [1.29, 1.82) is 0 Å². The number of benzene rings is 1. The van der Waals surface area contributed by atoms with Gasteiger partial charge in [-0.1, -0.05) is 31.5 Å². The van der Waals surface area contributed by atoms with Crippen LogP contribution in [0.1, 0.15) is 44.6 Å². The van der Waals surface area contributed by atoms with Crippen molar-refractivity contribution >= 4 is 11.6 Å². The lowest BCUT2D eigenvalue weighted by molar-refractivity contribution is -0.117. The summed E-state index contributed by atoms with van der Waals surface area (Å²) < 4.78 is 0. The van der Waals surface area contributed by atoms with E-state index in [0.717, 1.165) is 30.6 Å². The van der Waals surface area contributed by atoms with Crippen LogP contribution in [0.15, 0.2) is 24.3 Å². The van der Waals surface area contributed by atoms with Gasteiger partial charge in [0.15, 0.2) is 0 Å². The zero-order valence-electron chi connectivity index (χ0n) is 12.9. The standard InChI is InChI=1S/C18H26N2O/c1-2-19-12-15-5-3-4-6-17(15)20-18(21)11-16-10-13-7-8-14(16)9-13/h3-6,13-14,16,19H,2,7-12H2,1H3,(H,20,21). The number of anilines is 1. The van der Waals surface area contributed by atoms with E-state index in [2.05, 4.69) is 23.6 Å². The van der Waals surface area contributed by atoms with Gasteiger partial charge in [-0.15, -0.1) is 0 Å². The highest BCUT2D eigenvalue weighted by atomic mass is 16.1. The van der Waals surface area contributed by atoms with E-state index in [0.29, 0.717) is 12.3 Å². The van der Waals surface area contributed by atoms with Crippen molar-refractivity contribution in [3.05, 3.63) is 29.8 Å². The monoisotopic (exact) mass is 286 g/mol. The van der Waals surface area contributed by atoms with Crippen molar-refractivity contribution in [2.45, 2.75) is 45.6 Å². The van der Waals surface area contributed by atoms with Gasteiger partial charge in [-0.25, -0.2) is 0 Å². The smallest absolute Gasteiger partial charge is 0.224 e. The topological polar surface area (TPSA) is 41.1 Å². The molecular formula is C18H26N2O. The fourth-order valence-corrected chi connectivity index (χ4v) is 4.12. The third-order valence-corrected chi connectivity index (χ3v) is 5.19. The van der Waals surface area contributed by atoms with E-state index in [1.807, 2.05) is 18.2 Å². The third-order valence-electron chi connectivity index (χ3n) is 5.19. The van der Waals surface area contributed by atoms with Gasteiger partial charge in [0.25, 0.3) is 0 Å². The minimum absolute atomic E-state index is 0.191. The van der Waals surface area contributed by atoms with Crippen LogP contribution in [0, 0.1) is 17.8 Å². The lowest BCUT2D eigenvalue weighted by atomic mass is 9.86. The SMILES string of the molecule is CCNCc1ccccc1NC(=O)CC1CC2CCC1C2. The van der Waals surface area contributed by atoms with Gasteiger partial charge < -0.3 is 10.6 Å². The van der Waals surface area contributed by atoms with Crippen LogP contribution >= 0.6 is 0 Å². The maximum Gasteiger partial charge on any atom is 0.224 e. The van der Waals surface area contributed by atoms with Crippen LogP contribution in [0.5, 0.6) is 0 Å². The molecule has 3 unspecified atom stereocenters. The van der Waals surface area contributed by atoms with Crippen LogP contribution in [-0.2, 0) is 11.3 Å². The summed E-state index contributed by atoms with van der Waals surface area (Å²) in [6.45, 7) is 3.84. The fourth-order valence-electron chi connectivity index (χ4n) is 4.12. The Hall–Kier alpha value is -1.35. The molecule has 1 amide bonds. The molecule has 1 aromatic rings. The number of para-hydroxylation sites is 1. The average Bonchev–Trinajstić information content (AvgIpc) is 3.09. The number of hydrogen-bond acceptors (Lipinski definition) is 2. The van der Waals surface area contributed by atoms with Crippen LogP contribution < -0.4 is 10.6 Å². The number of fused-ring (bicyclic) bond motifs is 2. The highest BCUT2D eigenvalue weighted by Crippen LogP contribution is 2.49. The first-order chi connectivity index (χ1) is 10.3. The maximum absolute atomic E-state index is 12.3. The summed E-state index contributed by atoms with van der Waals surface area (Å²) in [4.78, 5) is 12.3. The molecule has 2 N–H and O–H groups in total.